The number of hydrogen-bond acceptors (Lipinski definition) is 4. The minimum atomic E-state index is -0.509. The van der Waals surface area contributed by atoms with E-state index in [1.54, 1.807) is 12.1 Å². The highest BCUT2D eigenvalue weighted by atomic mass is 35.5. The van der Waals surface area contributed by atoms with Crippen LogP contribution in [0.5, 0.6) is 5.75 Å². The van der Waals surface area contributed by atoms with Crippen molar-refractivity contribution in [1.82, 2.24) is 4.90 Å². The summed E-state index contributed by atoms with van der Waals surface area (Å²) in [6, 6.07) is 14.1. The summed E-state index contributed by atoms with van der Waals surface area (Å²) < 4.78 is 10.1. The average molecular weight is 382 g/mol. The van der Waals surface area contributed by atoms with Crippen molar-refractivity contribution in [2.24, 2.45) is 0 Å². The zero-order valence-corrected chi connectivity index (χ0v) is 15.1. The lowest BCUT2D eigenvalue weighted by atomic mass is 10.2. The molecule has 0 radical (unpaired) electrons. The molecule has 0 heterocycles. The van der Waals surface area contributed by atoms with Gasteiger partial charge in [0.2, 0.25) is 0 Å². The Morgan fingerprint density at radius 3 is 2.48 bits per heavy atom. The zero-order valence-electron chi connectivity index (χ0n) is 13.6. The smallest absolute Gasteiger partial charge is 0.325 e. The summed E-state index contributed by atoms with van der Waals surface area (Å²) in [4.78, 5) is 25.4. The van der Waals surface area contributed by atoms with Crippen molar-refractivity contribution in [2.45, 2.75) is 6.54 Å². The van der Waals surface area contributed by atoms with Gasteiger partial charge in [0.05, 0.1) is 12.1 Å². The van der Waals surface area contributed by atoms with E-state index in [0.29, 0.717) is 15.8 Å². The largest absolute Gasteiger partial charge is 0.482 e. The monoisotopic (exact) mass is 381 g/mol. The number of amides is 1. The van der Waals surface area contributed by atoms with Gasteiger partial charge >= 0.3 is 5.97 Å². The van der Waals surface area contributed by atoms with Gasteiger partial charge in [-0.15, -0.1) is 0 Å². The number of esters is 1. The number of nitrogens with zero attached hydrogens (tertiary/aromatic N) is 1. The first-order chi connectivity index (χ1) is 12.0. The van der Waals surface area contributed by atoms with E-state index in [4.69, 9.17) is 27.9 Å². The lowest BCUT2D eigenvalue weighted by Gasteiger charge is -2.22. The molecule has 2 rings (SSSR count). The number of halogens is 2. The van der Waals surface area contributed by atoms with E-state index in [1.165, 1.54) is 18.1 Å². The lowest BCUT2D eigenvalue weighted by molar-refractivity contribution is -0.148. The second kappa shape index (κ2) is 9.30. The highest BCUT2D eigenvalue weighted by molar-refractivity contribution is 6.34. The van der Waals surface area contributed by atoms with Gasteiger partial charge in [0.25, 0.3) is 5.91 Å². The van der Waals surface area contributed by atoms with Crippen molar-refractivity contribution in [3.05, 3.63) is 64.1 Å². The maximum Gasteiger partial charge on any atom is 0.325 e. The molecular weight excluding hydrogens is 365 g/mol. The number of carbonyl (C=O) groups excluding carboxylic acids is 2. The topological polar surface area (TPSA) is 55.8 Å². The van der Waals surface area contributed by atoms with Crippen LogP contribution < -0.4 is 4.74 Å². The second-order valence-electron chi connectivity index (χ2n) is 5.17. The maximum atomic E-state index is 12.5. The van der Waals surface area contributed by atoms with Crippen molar-refractivity contribution >= 4 is 35.1 Å². The quantitative estimate of drug-likeness (QED) is 0.687. The van der Waals surface area contributed by atoms with Crippen LogP contribution >= 0.6 is 23.2 Å². The van der Waals surface area contributed by atoms with E-state index in [0.717, 1.165) is 5.56 Å². The summed E-state index contributed by atoms with van der Waals surface area (Å²) in [5.74, 6) is -0.574. The number of benzene rings is 2. The zero-order chi connectivity index (χ0) is 18.2. The number of hydrogen-bond donors (Lipinski definition) is 0. The van der Waals surface area contributed by atoms with Gasteiger partial charge in [-0.3, -0.25) is 9.59 Å². The van der Waals surface area contributed by atoms with E-state index in [9.17, 15) is 9.59 Å². The maximum absolute atomic E-state index is 12.5. The van der Waals surface area contributed by atoms with Crippen molar-refractivity contribution in [3.63, 3.8) is 0 Å². The summed E-state index contributed by atoms with van der Waals surface area (Å²) in [7, 11) is 1.27. The van der Waals surface area contributed by atoms with Crippen LogP contribution in [0.1, 0.15) is 5.56 Å². The molecule has 7 heteroatoms. The summed E-state index contributed by atoms with van der Waals surface area (Å²) in [6.07, 6.45) is 0. The fourth-order valence-corrected chi connectivity index (χ4v) is 2.41. The minimum absolute atomic E-state index is 0.170. The molecule has 1 amide bonds. The van der Waals surface area contributed by atoms with Crippen LogP contribution in [0.2, 0.25) is 10.0 Å². The third-order valence-corrected chi connectivity index (χ3v) is 3.91. The van der Waals surface area contributed by atoms with E-state index >= 15 is 0 Å². The molecule has 0 aliphatic heterocycles. The minimum Gasteiger partial charge on any atom is -0.482 e. The first kappa shape index (κ1) is 19.1. The van der Waals surface area contributed by atoms with E-state index in [2.05, 4.69) is 4.74 Å². The number of carbonyl (C=O) groups is 2. The van der Waals surface area contributed by atoms with Gasteiger partial charge in [-0.25, -0.2) is 0 Å². The normalized spacial score (nSPS) is 10.2. The molecule has 0 N–H and O–H groups in total. The first-order valence-corrected chi connectivity index (χ1v) is 8.21. The van der Waals surface area contributed by atoms with E-state index < -0.39 is 5.97 Å². The van der Waals surface area contributed by atoms with Gasteiger partial charge < -0.3 is 14.4 Å². The van der Waals surface area contributed by atoms with Crippen molar-refractivity contribution in [1.29, 1.82) is 0 Å². The predicted octanol–water partition coefficient (Wildman–Crippen LogP) is 3.57. The van der Waals surface area contributed by atoms with E-state index in [-0.39, 0.29) is 25.6 Å². The number of ether oxygens (including phenoxy) is 2. The molecule has 0 saturated heterocycles. The molecule has 0 spiro atoms. The van der Waals surface area contributed by atoms with Gasteiger partial charge in [-0.1, -0.05) is 53.5 Å². The molecule has 25 heavy (non-hydrogen) atoms. The van der Waals surface area contributed by atoms with Crippen LogP contribution in [0.25, 0.3) is 0 Å². The molecule has 2 aromatic rings. The van der Waals surface area contributed by atoms with Crippen molar-refractivity contribution in [3.8, 4) is 5.75 Å². The fraction of sp³-hybridized carbons (Fsp3) is 0.222. The Hall–Kier alpha value is -2.24. The fourth-order valence-electron chi connectivity index (χ4n) is 2.08. The van der Waals surface area contributed by atoms with Crippen LogP contribution in [0, 0.1) is 0 Å². The molecule has 0 bridgehead atoms. The molecule has 0 saturated carbocycles. The Kier molecular flexibility index (Phi) is 7.10. The van der Waals surface area contributed by atoms with Gasteiger partial charge in [0.1, 0.15) is 12.3 Å². The molecule has 0 aromatic heterocycles. The Balaban J connectivity index is 2.06. The van der Waals surface area contributed by atoms with Crippen LogP contribution in [-0.2, 0) is 20.9 Å². The number of methoxy groups -OCH3 is 1. The molecule has 0 atom stereocenters. The Bertz CT molecular complexity index is 737. The summed E-state index contributed by atoms with van der Waals surface area (Å²) in [6.45, 7) is -0.178. The van der Waals surface area contributed by atoms with Gasteiger partial charge in [0, 0.05) is 17.6 Å². The molecule has 0 aliphatic rings. The van der Waals surface area contributed by atoms with Crippen LogP contribution in [-0.4, -0.2) is 37.0 Å². The van der Waals surface area contributed by atoms with Gasteiger partial charge in [-0.2, -0.15) is 0 Å². The SMILES string of the molecule is COC(=O)CN(Cc1ccccc1)C(=O)COc1cc(Cl)ccc1Cl. The molecule has 0 fully saturated rings. The Labute approximate surface area is 156 Å². The van der Waals surface area contributed by atoms with E-state index in [1.807, 2.05) is 30.3 Å². The standard InChI is InChI=1S/C18H17Cl2NO4/c1-24-18(23)11-21(10-13-5-3-2-4-6-13)17(22)12-25-16-9-14(19)7-8-15(16)20/h2-9H,10-12H2,1H3. The molecule has 132 valence electrons. The predicted molar refractivity (Wildman–Crippen MR) is 95.8 cm³/mol. The third-order valence-electron chi connectivity index (χ3n) is 3.36. The van der Waals surface area contributed by atoms with Gasteiger partial charge in [0.15, 0.2) is 6.61 Å². The average Bonchev–Trinajstić information content (AvgIpc) is 2.62. The highest BCUT2D eigenvalue weighted by Crippen LogP contribution is 2.27. The Morgan fingerprint density at radius 2 is 1.80 bits per heavy atom. The van der Waals surface area contributed by atoms with Crippen LogP contribution in [0.4, 0.5) is 0 Å². The summed E-state index contributed by atoms with van der Waals surface area (Å²) in [5.41, 5.74) is 0.889. The molecule has 5 nitrogen and oxygen atoms in total. The molecule has 0 aliphatic carbocycles. The van der Waals surface area contributed by atoms with Crippen molar-refractivity contribution in [2.75, 3.05) is 20.3 Å². The summed E-state index contributed by atoms with van der Waals surface area (Å²) >= 11 is 11.9. The van der Waals surface area contributed by atoms with Crippen LogP contribution in [0.3, 0.4) is 0 Å². The third kappa shape index (κ3) is 5.96. The number of rotatable bonds is 7. The van der Waals surface area contributed by atoms with Crippen molar-refractivity contribution < 1.29 is 19.1 Å². The Morgan fingerprint density at radius 1 is 1.08 bits per heavy atom. The molecule has 0 unspecified atom stereocenters. The first-order valence-electron chi connectivity index (χ1n) is 7.46. The summed E-state index contributed by atoms with van der Waals surface area (Å²) in [5, 5.41) is 0.794. The molecular formula is C18H17Cl2NO4. The second-order valence-corrected chi connectivity index (χ2v) is 6.02. The lowest BCUT2D eigenvalue weighted by Crippen LogP contribution is -2.38. The molecule has 2 aromatic carbocycles. The highest BCUT2D eigenvalue weighted by Gasteiger charge is 2.19. The van der Waals surface area contributed by atoms with Crippen LogP contribution in [0.15, 0.2) is 48.5 Å². The van der Waals surface area contributed by atoms with Gasteiger partial charge in [-0.05, 0) is 17.7 Å².